The number of aliphatic hydroxyl groups is 1. The predicted molar refractivity (Wildman–Crippen MR) is 54.8 cm³/mol. The van der Waals surface area contributed by atoms with Gasteiger partial charge in [0.2, 0.25) is 10.0 Å². The minimum atomic E-state index is -3.45. The van der Waals surface area contributed by atoms with Crippen LogP contribution < -0.4 is 4.72 Å². The van der Waals surface area contributed by atoms with Crippen molar-refractivity contribution >= 4 is 10.0 Å². The first kappa shape index (κ1) is 12.2. The molecule has 0 atom stereocenters. The normalized spacial score (nSPS) is 11.9. The Morgan fingerprint density at radius 1 is 1.53 bits per heavy atom. The van der Waals surface area contributed by atoms with Crippen LogP contribution in [0.5, 0.6) is 0 Å². The fraction of sp³-hybridized carbons (Fsp3) is 0.625. The van der Waals surface area contributed by atoms with Gasteiger partial charge in [-0.1, -0.05) is 0 Å². The number of aliphatic hydroxyl groups excluding tert-OH is 1. The molecule has 0 aliphatic heterocycles. The van der Waals surface area contributed by atoms with Crippen molar-refractivity contribution in [1.29, 1.82) is 0 Å². The second kappa shape index (κ2) is 5.24. The Kier molecular flexibility index (Phi) is 4.25. The lowest BCUT2D eigenvalue weighted by molar-refractivity contribution is 0.285. The van der Waals surface area contributed by atoms with E-state index >= 15 is 0 Å². The number of unbranched alkanes of at least 4 members (excludes halogenated alkanes) is 1. The average molecular weight is 233 g/mol. The second-order valence-corrected chi connectivity index (χ2v) is 4.92. The molecule has 1 rings (SSSR count). The van der Waals surface area contributed by atoms with Crippen LogP contribution in [0.3, 0.4) is 0 Å². The van der Waals surface area contributed by atoms with E-state index in [9.17, 15) is 8.42 Å². The van der Waals surface area contributed by atoms with Crippen LogP contribution in [0, 0.1) is 6.92 Å². The number of nitrogens with zero attached hydrogens (tertiary/aromatic N) is 1. The van der Waals surface area contributed by atoms with Gasteiger partial charge in [0.25, 0.3) is 0 Å². The lowest BCUT2D eigenvalue weighted by Gasteiger charge is -2.04. The number of rotatable bonds is 6. The van der Waals surface area contributed by atoms with Crippen molar-refractivity contribution in [2.45, 2.75) is 24.7 Å². The summed E-state index contributed by atoms with van der Waals surface area (Å²) in [5, 5.41) is 14.7. The molecule has 1 aromatic rings. The predicted octanol–water partition coefficient (Wildman–Crippen LogP) is -0.231. The smallest absolute Gasteiger partial charge is 0.243 e. The quantitative estimate of drug-likeness (QED) is 0.591. The Morgan fingerprint density at radius 3 is 2.80 bits per heavy atom. The largest absolute Gasteiger partial charge is 0.396 e. The van der Waals surface area contributed by atoms with Crippen molar-refractivity contribution in [2.75, 3.05) is 13.2 Å². The number of aromatic nitrogens is 2. The maximum atomic E-state index is 11.6. The molecule has 7 heteroatoms. The van der Waals surface area contributed by atoms with E-state index in [1.54, 1.807) is 6.92 Å². The van der Waals surface area contributed by atoms with Crippen molar-refractivity contribution in [2.24, 2.45) is 0 Å². The maximum Gasteiger partial charge on any atom is 0.243 e. The Bertz CT molecular complexity index is 399. The van der Waals surface area contributed by atoms with Crippen molar-refractivity contribution in [3.63, 3.8) is 0 Å². The lowest BCUT2D eigenvalue weighted by Crippen LogP contribution is -2.25. The fourth-order valence-corrected chi connectivity index (χ4v) is 2.34. The van der Waals surface area contributed by atoms with Crippen LogP contribution >= 0.6 is 0 Å². The molecule has 1 heterocycles. The summed E-state index contributed by atoms with van der Waals surface area (Å²) in [6.07, 6.45) is 2.49. The van der Waals surface area contributed by atoms with E-state index in [0.717, 1.165) is 0 Å². The van der Waals surface area contributed by atoms with Crippen molar-refractivity contribution in [1.82, 2.24) is 14.9 Å². The molecule has 0 amide bonds. The minimum Gasteiger partial charge on any atom is -0.396 e. The molecule has 0 saturated heterocycles. The van der Waals surface area contributed by atoms with E-state index in [2.05, 4.69) is 14.9 Å². The van der Waals surface area contributed by atoms with E-state index in [1.807, 2.05) is 0 Å². The van der Waals surface area contributed by atoms with Gasteiger partial charge in [-0.05, 0) is 19.8 Å². The zero-order valence-electron chi connectivity index (χ0n) is 8.52. The molecule has 0 unspecified atom stereocenters. The summed E-state index contributed by atoms with van der Waals surface area (Å²) in [4.78, 5) is 0.173. The van der Waals surface area contributed by atoms with Gasteiger partial charge in [-0.15, -0.1) is 0 Å². The highest BCUT2D eigenvalue weighted by atomic mass is 32.2. The van der Waals surface area contributed by atoms with Crippen molar-refractivity contribution < 1.29 is 13.5 Å². The molecular weight excluding hydrogens is 218 g/mol. The molecular formula is C8H15N3O3S. The van der Waals surface area contributed by atoms with E-state index in [1.165, 1.54) is 6.20 Å². The van der Waals surface area contributed by atoms with Gasteiger partial charge in [-0.2, -0.15) is 5.10 Å². The number of nitrogens with one attached hydrogen (secondary N) is 2. The van der Waals surface area contributed by atoms with E-state index in [0.29, 0.717) is 25.1 Å². The lowest BCUT2D eigenvalue weighted by atomic mass is 10.3. The Labute approximate surface area is 88.8 Å². The first-order valence-electron chi connectivity index (χ1n) is 4.68. The summed E-state index contributed by atoms with van der Waals surface area (Å²) in [7, 11) is -3.45. The number of aryl methyl sites for hydroxylation is 1. The van der Waals surface area contributed by atoms with Crippen molar-refractivity contribution in [3.8, 4) is 0 Å². The molecule has 0 radical (unpaired) electrons. The first-order chi connectivity index (χ1) is 7.08. The standard InChI is InChI=1S/C8H15N3O3S/c1-7-8(6-9-11-7)15(13,14)10-4-2-3-5-12/h6,10,12H,2-5H2,1H3,(H,9,11). The van der Waals surface area contributed by atoms with Gasteiger partial charge in [-0.25, -0.2) is 13.1 Å². The summed E-state index contributed by atoms with van der Waals surface area (Å²) in [5.41, 5.74) is 0.518. The number of sulfonamides is 1. The molecule has 0 bridgehead atoms. The van der Waals surface area contributed by atoms with Gasteiger partial charge >= 0.3 is 0 Å². The first-order valence-corrected chi connectivity index (χ1v) is 6.17. The topological polar surface area (TPSA) is 95.1 Å². The van der Waals surface area contributed by atoms with Crippen LogP contribution in [0.2, 0.25) is 0 Å². The van der Waals surface area contributed by atoms with Gasteiger partial charge in [0.15, 0.2) is 0 Å². The third-order valence-corrected chi connectivity index (χ3v) is 3.52. The van der Waals surface area contributed by atoms with Crippen molar-refractivity contribution in [3.05, 3.63) is 11.9 Å². The molecule has 6 nitrogen and oxygen atoms in total. The minimum absolute atomic E-state index is 0.0759. The maximum absolute atomic E-state index is 11.6. The molecule has 86 valence electrons. The average Bonchev–Trinajstić information content (AvgIpc) is 2.60. The zero-order chi connectivity index (χ0) is 11.3. The number of H-pyrrole nitrogens is 1. The number of hydrogen-bond donors (Lipinski definition) is 3. The molecule has 0 saturated carbocycles. The fourth-order valence-electron chi connectivity index (χ4n) is 1.13. The number of hydrogen-bond acceptors (Lipinski definition) is 4. The van der Waals surface area contributed by atoms with Crippen LogP contribution in [-0.4, -0.2) is 36.9 Å². The molecule has 3 N–H and O–H groups in total. The molecule has 0 aliphatic rings. The van der Waals surface area contributed by atoms with Gasteiger partial charge in [0.1, 0.15) is 4.90 Å². The van der Waals surface area contributed by atoms with Gasteiger partial charge in [0, 0.05) is 13.2 Å². The highest BCUT2D eigenvalue weighted by Crippen LogP contribution is 2.10. The molecule has 1 aromatic heterocycles. The summed E-state index contributed by atoms with van der Waals surface area (Å²) in [5.74, 6) is 0. The highest BCUT2D eigenvalue weighted by molar-refractivity contribution is 7.89. The van der Waals surface area contributed by atoms with Gasteiger partial charge in [0.05, 0.1) is 11.9 Å². The SMILES string of the molecule is Cc1[nH]ncc1S(=O)(=O)NCCCCO. The summed E-state index contributed by atoms with van der Waals surface area (Å²) < 4.78 is 25.7. The third kappa shape index (κ3) is 3.29. The van der Waals surface area contributed by atoms with Crippen LogP contribution in [0.15, 0.2) is 11.1 Å². The van der Waals surface area contributed by atoms with E-state index < -0.39 is 10.0 Å². The zero-order valence-corrected chi connectivity index (χ0v) is 9.34. The molecule has 0 aliphatic carbocycles. The third-order valence-electron chi connectivity index (χ3n) is 1.95. The molecule has 0 aromatic carbocycles. The highest BCUT2D eigenvalue weighted by Gasteiger charge is 2.17. The van der Waals surface area contributed by atoms with Gasteiger partial charge < -0.3 is 5.11 Å². The molecule has 0 fully saturated rings. The Balaban J connectivity index is 2.57. The van der Waals surface area contributed by atoms with Crippen LogP contribution in [0.25, 0.3) is 0 Å². The Morgan fingerprint density at radius 2 is 2.27 bits per heavy atom. The summed E-state index contributed by atoms with van der Waals surface area (Å²) in [6, 6.07) is 0. The Hall–Kier alpha value is -0.920. The van der Waals surface area contributed by atoms with E-state index in [-0.39, 0.29) is 11.5 Å². The molecule has 0 spiro atoms. The van der Waals surface area contributed by atoms with Crippen LogP contribution in [0.4, 0.5) is 0 Å². The second-order valence-electron chi connectivity index (χ2n) is 3.19. The number of aromatic amines is 1. The van der Waals surface area contributed by atoms with Crippen LogP contribution in [0.1, 0.15) is 18.5 Å². The van der Waals surface area contributed by atoms with Crippen LogP contribution in [-0.2, 0) is 10.0 Å². The summed E-state index contributed by atoms with van der Waals surface area (Å²) >= 11 is 0. The molecule has 15 heavy (non-hydrogen) atoms. The van der Waals surface area contributed by atoms with E-state index in [4.69, 9.17) is 5.11 Å². The van der Waals surface area contributed by atoms with Gasteiger partial charge in [-0.3, -0.25) is 5.10 Å². The monoisotopic (exact) mass is 233 g/mol. The summed E-state index contributed by atoms with van der Waals surface area (Å²) in [6.45, 7) is 2.05.